The van der Waals surface area contributed by atoms with E-state index in [1.54, 1.807) is 18.1 Å². The van der Waals surface area contributed by atoms with E-state index in [1.165, 1.54) is 5.56 Å². The van der Waals surface area contributed by atoms with Gasteiger partial charge in [0.15, 0.2) is 0 Å². The summed E-state index contributed by atoms with van der Waals surface area (Å²) in [5.74, 6) is 0.463. The van der Waals surface area contributed by atoms with Gasteiger partial charge in [-0.05, 0) is 30.4 Å². The van der Waals surface area contributed by atoms with Gasteiger partial charge in [0.25, 0.3) is 0 Å². The second-order valence-electron chi connectivity index (χ2n) is 6.90. The van der Waals surface area contributed by atoms with Crippen molar-refractivity contribution in [1.29, 1.82) is 0 Å². The Morgan fingerprint density at radius 1 is 1.27 bits per heavy atom. The fourth-order valence-electron chi connectivity index (χ4n) is 2.83. The minimum Gasteiger partial charge on any atom is -0.396 e. The Hall–Kier alpha value is -2.34. The van der Waals surface area contributed by atoms with Crippen LogP contribution in [0, 0.1) is 0 Å². The first-order valence-corrected chi connectivity index (χ1v) is 9.18. The van der Waals surface area contributed by atoms with Gasteiger partial charge in [0.1, 0.15) is 0 Å². The largest absolute Gasteiger partial charge is 0.396 e. The minimum atomic E-state index is -0.213. The highest BCUT2D eigenvalue weighted by Crippen LogP contribution is 2.21. The summed E-state index contributed by atoms with van der Waals surface area (Å²) in [5, 5.41) is 16.6. The van der Waals surface area contributed by atoms with Crippen LogP contribution in [0.15, 0.2) is 36.7 Å². The van der Waals surface area contributed by atoms with Crippen molar-refractivity contribution in [2.24, 2.45) is 0 Å². The van der Waals surface area contributed by atoms with Crippen LogP contribution in [0.2, 0.25) is 0 Å². The second kappa shape index (κ2) is 9.38. The Bertz CT molecular complexity index is 694. The van der Waals surface area contributed by atoms with Crippen molar-refractivity contribution in [3.8, 4) is 0 Å². The van der Waals surface area contributed by atoms with E-state index >= 15 is 0 Å². The molecule has 0 unspecified atom stereocenters. The van der Waals surface area contributed by atoms with Gasteiger partial charge < -0.3 is 15.3 Å². The molecule has 1 atom stereocenters. The molecular formula is C20H30N4O2. The lowest BCUT2D eigenvalue weighted by atomic mass is 9.98. The van der Waals surface area contributed by atoms with Gasteiger partial charge in [-0.2, -0.15) is 5.10 Å². The van der Waals surface area contributed by atoms with Crippen molar-refractivity contribution in [3.63, 3.8) is 0 Å². The molecule has 2 rings (SSSR count). The quantitative estimate of drug-likeness (QED) is 0.761. The molecule has 0 spiro atoms. The normalized spacial score (nSPS) is 12.2. The second-order valence-corrected chi connectivity index (χ2v) is 6.90. The van der Waals surface area contributed by atoms with Crippen LogP contribution in [0.4, 0.5) is 4.79 Å². The molecule has 0 fully saturated rings. The van der Waals surface area contributed by atoms with Gasteiger partial charge in [0, 0.05) is 32.0 Å². The third-order valence-corrected chi connectivity index (χ3v) is 4.50. The van der Waals surface area contributed by atoms with E-state index in [9.17, 15) is 9.90 Å². The van der Waals surface area contributed by atoms with Crippen molar-refractivity contribution in [2.75, 3.05) is 13.7 Å². The number of nitrogens with zero attached hydrogens (tertiary/aromatic N) is 3. The molecule has 2 N–H and O–H groups in total. The van der Waals surface area contributed by atoms with E-state index in [0.29, 0.717) is 18.9 Å². The predicted molar refractivity (Wildman–Crippen MR) is 103 cm³/mol. The van der Waals surface area contributed by atoms with Crippen LogP contribution in [0.3, 0.4) is 0 Å². The van der Waals surface area contributed by atoms with E-state index in [4.69, 9.17) is 0 Å². The highest BCUT2D eigenvalue weighted by molar-refractivity contribution is 5.74. The Balaban J connectivity index is 2.01. The van der Waals surface area contributed by atoms with Crippen LogP contribution >= 0.6 is 0 Å². The zero-order valence-electron chi connectivity index (χ0n) is 16.1. The molecule has 0 aliphatic carbocycles. The van der Waals surface area contributed by atoms with Gasteiger partial charge in [-0.3, -0.25) is 4.68 Å². The third-order valence-electron chi connectivity index (χ3n) is 4.50. The number of aryl methyl sites for hydroxylation is 1. The van der Waals surface area contributed by atoms with Crippen LogP contribution in [0.25, 0.3) is 0 Å². The predicted octanol–water partition coefficient (Wildman–Crippen LogP) is 3.29. The Morgan fingerprint density at radius 3 is 2.46 bits per heavy atom. The Labute approximate surface area is 155 Å². The van der Waals surface area contributed by atoms with E-state index in [2.05, 4.69) is 36.4 Å². The molecule has 142 valence electrons. The number of amides is 2. The van der Waals surface area contributed by atoms with Gasteiger partial charge in [0.05, 0.1) is 18.8 Å². The number of hydrogen-bond donors (Lipinski definition) is 2. The molecule has 0 aliphatic heterocycles. The van der Waals surface area contributed by atoms with Crippen molar-refractivity contribution in [2.45, 2.75) is 52.2 Å². The molecule has 6 heteroatoms. The summed E-state index contributed by atoms with van der Waals surface area (Å²) >= 11 is 0. The van der Waals surface area contributed by atoms with Crippen LogP contribution in [0.5, 0.6) is 0 Å². The zero-order chi connectivity index (χ0) is 19.1. The first-order valence-electron chi connectivity index (χ1n) is 9.18. The van der Waals surface area contributed by atoms with E-state index in [1.807, 2.05) is 29.9 Å². The van der Waals surface area contributed by atoms with Gasteiger partial charge in [-0.1, -0.05) is 38.1 Å². The standard InChI is InChI=1S/C20H30N4O2/c1-5-24-14-16(12-21-24)13-23(4)20(26)22-19(10-11-25)18-8-6-17(7-9-18)15(2)3/h6-9,12,14-15,19,25H,5,10-11,13H2,1-4H3,(H,22,26)/t19-/m1/s1. The molecule has 26 heavy (non-hydrogen) atoms. The van der Waals surface area contributed by atoms with Crippen molar-refractivity contribution < 1.29 is 9.90 Å². The average Bonchev–Trinajstić information content (AvgIpc) is 3.08. The number of aliphatic hydroxyl groups is 1. The third kappa shape index (κ3) is 5.33. The van der Waals surface area contributed by atoms with E-state index in [-0.39, 0.29) is 18.7 Å². The summed E-state index contributed by atoms with van der Waals surface area (Å²) in [6.45, 7) is 7.64. The monoisotopic (exact) mass is 358 g/mol. The van der Waals surface area contributed by atoms with Crippen LogP contribution in [-0.4, -0.2) is 39.5 Å². The number of aromatic nitrogens is 2. The molecule has 2 aromatic rings. The first-order chi connectivity index (χ1) is 12.4. The summed E-state index contributed by atoms with van der Waals surface area (Å²) in [5.41, 5.74) is 3.25. The molecule has 1 aromatic heterocycles. The summed E-state index contributed by atoms with van der Waals surface area (Å²) in [7, 11) is 1.76. The smallest absolute Gasteiger partial charge is 0.317 e. The zero-order valence-corrected chi connectivity index (χ0v) is 16.1. The maximum absolute atomic E-state index is 12.6. The number of hydrogen-bond acceptors (Lipinski definition) is 3. The molecule has 6 nitrogen and oxygen atoms in total. The van der Waals surface area contributed by atoms with Gasteiger partial charge in [-0.15, -0.1) is 0 Å². The summed E-state index contributed by atoms with van der Waals surface area (Å²) in [6.07, 6.45) is 4.21. The lowest BCUT2D eigenvalue weighted by molar-refractivity contribution is 0.197. The number of nitrogens with one attached hydrogen (secondary N) is 1. The summed E-state index contributed by atoms with van der Waals surface area (Å²) in [4.78, 5) is 14.2. The highest BCUT2D eigenvalue weighted by atomic mass is 16.3. The molecule has 1 heterocycles. The number of carbonyl (C=O) groups excluding carboxylic acids is 1. The average molecular weight is 358 g/mol. The van der Waals surface area contributed by atoms with E-state index < -0.39 is 0 Å². The fraction of sp³-hybridized carbons (Fsp3) is 0.500. The summed E-state index contributed by atoms with van der Waals surface area (Å²) < 4.78 is 1.84. The van der Waals surface area contributed by atoms with Crippen molar-refractivity contribution in [3.05, 3.63) is 53.3 Å². The first kappa shape index (κ1) is 20.0. The topological polar surface area (TPSA) is 70.4 Å². The molecule has 0 aliphatic rings. The molecule has 0 bridgehead atoms. The van der Waals surface area contributed by atoms with Crippen molar-refractivity contribution in [1.82, 2.24) is 20.0 Å². The van der Waals surface area contributed by atoms with Crippen LogP contribution < -0.4 is 5.32 Å². The minimum absolute atomic E-state index is 0.0177. The van der Waals surface area contributed by atoms with Gasteiger partial charge in [0.2, 0.25) is 0 Å². The highest BCUT2D eigenvalue weighted by Gasteiger charge is 2.17. The molecule has 2 amide bonds. The number of carbonyl (C=O) groups is 1. The lowest BCUT2D eigenvalue weighted by Crippen LogP contribution is -2.39. The van der Waals surface area contributed by atoms with Crippen LogP contribution in [0.1, 0.15) is 55.8 Å². The Morgan fingerprint density at radius 2 is 1.92 bits per heavy atom. The maximum atomic E-state index is 12.6. The number of urea groups is 1. The van der Waals surface area contributed by atoms with Gasteiger partial charge in [-0.25, -0.2) is 4.79 Å². The maximum Gasteiger partial charge on any atom is 0.317 e. The Kier molecular flexibility index (Phi) is 7.21. The van der Waals surface area contributed by atoms with Gasteiger partial charge >= 0.3 is 6.03 Å². The van der Waals surface area contributed by atoms with Crippen LogP contribution in [-0.2, 0) is 13.1 Å². The molecule has 0 radical (unpaired) electrons. The SMILES string of the molecule is CCn1cc(CN(C)C(=O)N[C@H](CCO)c2ccc(C(C)C)cc2)cn1. The number of benzene rings is 1. The van der Waals surface area contributed by atoms with E-state index in [0.717, 1.165) is 17.7 Å². The molecule has 0 saturated heterocycles. The summed E-state index contributed by atoms with van der Waals surface area (Å²) in [6, 6.07) is 7.84. The molecule has 1 aromatic carbocycles. The fourth-order valence-corrected chi connectivity index (χ4v) is 2.83. The van der Waals surface area contributed by atoms with Crippen molar-refractivity contribution >= 4 is 6.03 Å². The lowest BCUT2D eigenvalue weighted by Gasteiger charge is -2.23. The number of aliphatic hydroxyl groups excluding tert-OH is 1. The molecular weight excluding hydrogens is 328 g/mol. The number of rotatable bonds is 8. The molecule has 0 saturated carbocycles.